The Kier molecular flexibility index (Phi) is 6.29. The van der Waals surface area contributed by atoms with E-state index in [1.54, 1.807) is 20.4 Å². The van der Waals surface area contributed by atoms with Crippen LogP contribution in [0.5, 0.6) is 11.5 Å². The Morgan fingerprint density at radius 1 is 1.10 bits per heavy atom. The number of ether oxygens (including phenoxy) is 2. The SMILES string of the molecule is COc1ccc(-c2nc(C)c(C(=O)N3CCN(c4ncccc4Cl)CC3)s2)cc1OC. The Labute approximate surface area is 190 Å². The van der Waals surface area contributed by atoms with Crippen molar-refractivity contribution < 1.29 is 14.3 Å². The average molecular weight is 459 g/mol. The van der Waals surface area contributed by atoms with E-state index >= 15 is 0 Å². The lowest BCUT2D eigenvalue weighted by molar-refractivity contribution is 0.0750. The van der Waals surface area contributed by atoms with Gasteiger partial charge < -0.3 is 19.3 Å². The largest absolute Gasteiger partial charge is 0.493 e. The third-order valence-electron chi connectivity index (χ3n) is 5.23. The first-order chi connectivity index (χ1) is 15.0. The number of aryl methyl sites for hydroxylation is 1. The third-order valence-corrected chi connectivity index (χ3v) is 6.72. The van der Waals surface area contributed by atoms with Crippen LogP contribution in [-0.2, 0) is 0 Å². The van der Waals surface area contributed by atoms with Crippen molar-refractivity contribution in [3.8, 4) is 22.1 Å². The van der Waals surface area contributed by atoms with Crippen LogP contribution in [0.1, 0.15) is 15.4 Å². The highest BCUT2D eigenvalue weighted by Crippen LogP contribution is 2.35. The van der Waals surface area contributed by atoms with Crippen LogP contribution in [0.3, 0.4) is 0 Å². The van der Waals surface area contributed by atoms with Crippen LogP contribution in [0, 0.1) is 6.92 Å². The number of anilines is 1. The standard InChI is InChI=1S/C22H23ClN4O3S/c1-14-19(31-21(25-14)15-6-7-17(29-2)18(13-15)30-3)22(28)27-11-9-26(10-12-27)20-16(23)5-4-8-24-20/h4-8,13H,9-12H2,1-3H3. The van der Waals surface area contributed by atoms with Crippen molar-refractivity contribution in [2.75, 3.05) is 45.3 Å². The van der Waals surface area contributed by atoms with E-state index in [1.807, 2.05) is 42.2 Å². The molecule has 1 aromatic carbocycles. The van der Waals surface area contributed by atoms with Crippen LogP contribution in [0.2, 0.25) is 5.02 Å². The van der Waals surface area contributed by atoms with Crippen molar-refractivity contribution in [2.45, 2.75) is 6.92 Å². The first-order valence-electron chi connectivity index (χ1n) is 9.86. The van der Waals surface area contributed by atoms with Gasteiger partial charge in [0.05, 0.1) is 24.9 Å². The number of methoxy groups -OCH3 is 2. The molecule has 1 amide bonds. The van der Waals surface area contributed by atoms with E-state index in [1.165, 1.54) is 11.3 Å². The molecule has 31 heavy (non-hydrogen) atoms. The summed E-state index contributed by atoms with van der Waals surface area (Å²) in [5, 5.41) is 1.40. The highest BCUT2D eigenvalue weighted by Gasteiger charge is 2.27. The number of nitrogens with zero attached hydrogens (tertiary/aromatic N) is 4. The first kappa shape index (κ1) is 21.4. The fourth-order valence-electron chi connectivity index (χ4n) is 3.56. The zero-order valence-electron chi connectivity index (χ0n) is 17.6. The van der Waals surface area contributed by atoms with E-state index in [4.69, 9.17) is 21.1 Å². The number of piperazine rings is 1. The van der Waals surface area contributed by atoms with E-state index in [-0.39, 0.29) is 5.91 Å². The van der Waals surface area contributed by atoms with E-state index < -0.39 is 0 Å². The minimum Gasteiger partial charge on any atom is -0.493 e. The molecule has 0 radical (unpaired) electrons. The number of benzene rings is 1. The molecule has 0 spiro atoms. The van der Waals surface area contributed by atoms with E-state index in [2.05, 4.69) is 14.9 Å². The molecule has 1 aliphatic heterocycles. The number of aromatic nitrogens is 2. The zero-order chi connectivity index (χ0) is 22.0. The summed E-state index contributed by atoms with van der Waals surface area (Å²) >= 11 is 7.67. The van der Waals surface area contributed by atoms with Crippen molar-refractivity contribution in [3.05, 3.63) is 52.1 Å². The molecule has 0 bridgehead atoms. The summed E-state index contributed by atoms with van der Waals surface area (Å²) in [5.74, 6) is 2.06. The van der Waals surface area contributed by atoms with Gasteiger partial charge >= 0.3 is 0 Å². The normalized spacial score (nSPS) is 13.9. The molecule has 9 heteroatoms. The number of carbonyl (C=O) groups is 1. The van der Waals surface area contributed by atoms with Crippen molar-refractivity contribution in [1.29, 1.82) is 0 Å². The fourth-order valence-corrected chi connectivity index (χ4v) is 4.83. The molecule has 1 saturated heterocycles. The lowest BCUT2D eigenvalue weighted by Crippen LogP contribution is -2.49. The predicted molar refractivity (Wildman–Crippen MR) is 123 cm³/mol. The summed E-state index contributed by atoms with van der Waals surface area (Å²) in [6.07, 6.45) is 1.73. The molecule has 1 fully saturated rings. The summed E-state index contributed by atoms with van der Waals surface area (Å²) < 4.78 is 10.7. The highest BCUT2D eigenvalue weighted by atomic mass is 35.5. The topological polar surface area (TPSA) is 67.8 Å². The summed E-state index contributed by atoms with van der Waals surface area (Å²) in [5.41, 5.74) is 1.62. The maximum absolute atomic E-state index is 13.2. The van der Waals surface area contributed by atoms with Gasteiger partial charge in [0.25, 0.3) is 5.91 Å². The van der Waals surface area contributed by atoms with Gasteiger partial charge in [-0.25, -0.2) is 9.97 Å². The first-order valence-corrected chi connectivity index (χ1v) is 11.1. The fraction of sp³-hybridized carbons (Fsp3) is 0.318. The number of hydrogen-bond donors (Lipinski definition) is 0. The molecule has 2 aromatic heterocycles. The van der Waals surface area contributed by atoms with Crippen molar-refractivity contribution >= 4 is 34.7 Å². The van der Waals surface area contributed by atoms with Gasteiger partial charge in [0.2, 0.25) is 0 Å². The Hall–Kier alpha value is -2.84. The lowest BCUT2D eigenvalue weighted by Gasteiger charge is -2.35. The molecule has 1 aliphatic rings. The molecule has 0 N–H and O–H groups in total. The van der Waals surface area contributed by atoms with E-state index in [0.717, 1.165) is 22.1 Å². The molecule has 0 aliphatic carbocycles. The van der Waals surface area contributed by atoms with Crippen LogP contribution in [-0.4, -0.2) is 61.2 Å². The average Bonchev–Trinajstić information content (AvgIpc) is 3.20. The maximum Gasteiger partial charge on any atom is 0.265 e. The Morgan fingerprint density at radius 3 is 2.52 bits per heavy atom. The summed E-state index contributed by atoms with van der Waals surface area (Å²) in [6.45, 7) is 4.45. The van der Waals surface area contributed by atoms with Gasteiger partial charge in [-0.05, 0) is 37.3 Å². The molecule has 162 valence electrons. The van der Waals surface area contributed by atoms with Gasteiger partial charge in [0.15, 0.2) is 11.5 Å². The number of pyridine rings is 1. The molecular formula is C22H23ClN4O3S. The van der Waals surface area contributed by atoms with Crippen LogP contribution in [0.15, 0.2) is 36.5 Å². The quantitative estimate of drug-likeness (QED) is 0.572. The molecule has 3 aromatic rings. The van der Waals surface area contributed by atoms with Gasteiger partial charge in [0.1, 0.15) is 15.7 Å². The van der Waals surface area contributed by atoms with Crippen molar-refractivity contribution in [3.63, 3.8) is 0 Å². The number of halogens is 1. The molecule has 0 unspecified atom stereocenters. The van der Waals surface area contributed by atoms with Crippen molar-refractivity contribution in [2.24, 2.45) is 0 Å². The van der Waals surface area contributed by atoms with E-state index in [9.17, 15) is 4.79 Å². The molecule has 7 nitrogen and oxygen atoms in total. The lowest BCUT2D eigenvalue weighted by atomic mass is 10.2. The van der Waals surface area contributed by atoms with Gasteiger partial charge in [0, 0.05) is 37.9 Å². The van der Waals surface area contributed by atoms with E-state index in [0.29, 0.717) is 47.6 Å². The number of amides is 1. The Balaban J connectivity index is 1.49. The Bertz CT molecular complexity index is 1100. The summed E-state index contributed by atoms with van der Waals surface area (Å²) in [6, 6.07) is 9.28. The van der Waals surface area contributed by atoms with Gasteiger partial charge in [-0.2, -0.15) is 0 Å². The summed E-state index contributed by atoms with van der Waals surface area (Å²) in [7, 11) is 3.20. The number of hydrogen-bond acceptors (Lipinski definition) is 7. The minimum atomic E-state index is 0.00787. The van der Waals surface area contributed by atoms with Crippen LogP contribution < -0.4 is 14.4 Å². The monoisotopic (exact) mass is 458 g/mol. The Morgan fingerprint density at radius 2 is 1.84 bits per heavy atom. The molecule has 4 rings (SSSR count). The second kappa shape index (κ2) is 9.11. The van der Waals surface area contributed by atoms with Gasteiger partial charge in [-0.3, -0.25) is 4.79 Å². The van der Waals surface area contributed by atoms with Crippen LogP contribution >= 0.6 is 22.9 Å². The maximum atomic E-state index is 13.2. The molecule has 0 saturated carbocycles. The predicted octanol–water partition coefficient (Wildman–Crippen LogP) is 4.15. The number of carbonyl (C=O) groups excluding carboxylic acids is 1. The summed E-state index contributed by atoms with van der Waals surface area (Å²) in [4.78, 5) is 26.8. The number of thiazole rings is 1. The van der Waals surface area contributed by atoms with Crippen LogP contribution in [0.4, 0.5) is 5.82 Å². The second-order valence-electron chi connectivity index (χ2n) is 7.09. The van der Waals surface area contributed by atoms with Crippen LogP contribution in [0.25, 0.3) is 10.6 Å². The zero-order valence-corrected chi connectivity index (χ0v) is 19.2. The third kappa shape index (κ3) is 4.31. The smallest absolute Gasteiger partial charge is 0.265 e. The van der Waals surface area contributed by atoms with Crippen molar-refractivity contribution in [1.82, 2.24) is 14.9 Å². The minimum absolute atomic E-state index is 0.00787. The van der Waals surface area contributed by atoms with Gasteiger partial charge in [-0.1, -0.05) is 11.6 Å². The molecular weight excluding hydrogens is 436 g/mol. The molecule has 0 atom stereocenters. The number of rotatable bonds is 5. The highest BCUT2D eigenvalue weighted by molar-refractivity contribution is 7.17. The molecule has 3 heterocycles. The second-order valence-corrected chi connectivity index (χ2v) is 8.50. The van der Waals surface area contributed by atoms with Gasteiger partial charge in [-0.15, -0.1) is 11.3 Å².